The van der Waals surface area contributed by atoms with E-state index in [0.717, 1.165) is 5.56 Å². The zero-order chi connectivity index (χ0) is 14.5. The van der Waals surface area contributed by atoms with E-state index in [1.165, 1.54) is 44.6 Å². The molecule has 0 bridgehead atoms. The maximum Gasteiger partial charge on any atom is 0.137 e. The van der Waals surface area contributed by atoms with Crippen molar-refractivity contribution in [2.45, 2.75) is 50.6 Å². The molecule has 1 atom stereocenters. The van der Waals surface area contributed by atoms with Crippen LogP contribution in [0.4, 0.5) is 4.39 Å². The van der Waals surface area contributed by atoms with Gasteiger partial charge in [0.15, 0.2) is 0 Å². The summed E-state index contributed by atoms with van der Waals surface area (Å²) in [5, 5.41) is 0. The van der Waals surface area contributed by atoms with Crippen LogP contribution in [0.15, 0.2) is 22.7 Å². The van der Waals surface area contributed by atoms with E-state index in [1.54, 1.807) is 0 Å². The van der Waals surface area contributed by atoms with Crippen LogP contribution in [-0.2, 0) is 0 Å². The summed E-state index contributed by atoms with van der Waals surface area (Å²) in [6.07, 6.45) is 7.79. The molecule has 1 aliphatic rings. The zero-order valence-electron chi connectivity index (χ0n) is 12.1. The summed E-state index contributed by atoms with van der Waals surface area (Å²) < 4.78 is 13.9. The van der Waals surface area contributed by atoms with Gasteiger partial charge in [-0.15, -0.1) is 0 Å². The quantitative estimate of drug-likeness (QED) is 0.829. The monoisotopic (exact) mass is 342 g/mol. The first-order chi connectivity index (χ1) is 9.63. The van der Waals surface area contributed by atoms with Gasteiger partial charge in [0.05, 0.1) is 4.47 Å². The van der Waals surface area contributed by atoms with E-state index in [1.807, 2.05) is 12.1 Å². The number of benzene rings is 1. The predicted octanol–water partition coefficient (Wildman–Crippen LogP) is 4.24. The lowest BCUT2D eigenvalue weighted by atomic mass is 10.0. The van der Waals surface area contributed by atoms with Crippen molar-refractivity contribution in [3.63, 3.8) is 0 Å². The van der Waals surface area contributed by atoms with Gasteiger partial charge >= 0.3 is 0 Å². The normalized spacial score (nSPS) is 19.1. The SMILES string of the molecule is CN(C1CCCCCC1)C(CN)c1ccc(F)c(Br)c1. The molecular weight excluding hydrogens is 319 g/mol. The molecule has 1 aromatic rings. The van der Waals surface area contributed by atoms with Crippen molar-refractivity contribution in [3.8, 4) is 0 Å². The maximum absolute atomic E-state index is 13.4. The Kier molecular flexibility index (Phi) is 6.00. The lowest BCUT2D eigenvalue weighted by Crippen LogP contribution is -2.38. The van der Waals surface area contributed by atoms with Gasteiger partial charge in [-0.2, -0.15) is 0 Å². The van der Waals surface area contributed by atoms with Gasteiger partial charge in [0.1, 0.15) is 5.82 Å². The number of hydrogen-bond acceptors (Lipinski definition) is 2. The van der Waals surface area contributed by atoms with Crippen LogP contribution < -0.4 is 5.73 Å². The fourth-order valence-corrected chi connectivity index (χ4v) is 3.57. The lowest BCUT2D eigenvalue weighted by molar-refractivity contribution is 0.161. The molecule has 20 heavy (non-hydrogen) atoms. The topological polar surface area (TPSA) is 29.3 Å². The maximum atomic E-state index is 13.4. The molecule has 0 aliphatic heterocycles. The molecule has 2 nitrogen and oxygen atoms in total. The molecule has 112 valence electrons. The highest BCUT2D eigenvalue weighted by Gasteiger charge is 2.24. The van der Waals surface area contributed by atoms with Gasteiger partial charge in [0.2, 0.25) is 0 Å². The highest BCUT2D eigenvalue weighted by atomic mass is 79.9. The average Bonchev–Trinajstić information content (AvgIpc) is 2.72. The molecule has 0 saturated heterocycles. The van der Waals surface area contributed by atoms with E-state index >= 15 is 0 Å². The van der Waals surface area contributed by atoms with Gasteiger partial charge in [-0.3, -0.25) is 4.90 Å². The Labute approximate surface area is 129 Å². The molecule has 0 heterocycles. The van der Waals surface area contributed by atoms with Crippen molar-refractivity contribution in [1.29, 1.82) is 0 Å². The Morgan fingerprint density at radius 2 is 1.95 bits per heavy atom. The largest absolute Gasteiger partial charge is 0.329 e. The van der Waals surface area contributed by atoms with Gasteiger partial charge in [0.25, 0.3) is 0 Å². The van der Waals surface area contributed by atoms with Gasteiger partial charge in [-0.05, 0) is 53.5 Å². The fraction of sp³-hybridized carbons (Fsp3) is 0.625. The second kappa shape index (κ2) is 7.53. The smallest absolute Gasteiger partial charge is 0.137 e. The van der Waals surface area contributed by atoms with E-state index < -0.39 is 0 Å². The Balaban J connectivity index is 2.15. The first kappa shape index (κ1) is 15.9. The van der Waals surface area contributed by atoms with E-state index in [0.29, 0.717) is 17.1 Å². The summed E-state index contributed by atoms with van der Waals surface area (Å²) in [5.41, 5.74) is 7.08. The second-order valence-electron chi connectivity index (χ2n) is 5.74. The van der Waals surface area contributed by atoms with Crippen LogP contribution in [0, 0.1) is 5.82 Å². The third-order valence-corrected chi connectivity index (χ3v) is 5.05. The minimum Gasteiger partial charge on any atom is -0.329 e. The summed E-state index contributed by atoms with van der Waals surface area (Å²) in [4.78, 5) is 2.39. The molecule has 4 heteroatoms. The van der Waals surface area contributed by atoms with Gasteiger partial charge < -0.3 is 5.73 Å². The third-order valence-electron chi connectivity index (χ3n) is 4.44. The molecule has 0 radical (unpaired) electrons. The van der Waals surface area contributed by atoms with Crippen molar-refractivity contribution in [2.24, 2.45) is 5.73 Å². The third kappa shape index (κ3) is 3.80. The van der Waals surface area contributed by atoms with Crippen molar-refractivity contribution < 1.29 is 4.39 Å². The Hall–Kier alpha value is -0.450. The molecule has 1 aromatic carbocycles. The summed E-state index contributed by atoms with van der Waals surface area (Å²) in [5.74, 6) is -0.221. The van der Waals surface area contributed by atoms with Crippen LogP contribution >= 0.6 is 15.9 Å². The van der Waals surface area contributed by atoms with Crippen molar-refractivity contribution >= 4 is 15.9 Å². The van der Waals surface area contributed by atoms with Gasteiger partial charge in [-0.1, -0.05) is 31.7 Å². The Morgan fingerprint density at radius 1 is 1.30 bits per heavy atom. The van der Waals surface area contributed by atoms with Crippen LogP contribution in [0.3, 0.4) is 0 Å². The van der Waals surface area contributed by atoms with Crippen LogP contribution in [0.2, 0.25) is 0 Å². The van der Waals surface area contributed by atoms with Gasteiger partial charge in [0, 0.05) is 18.6 Å². The highest BCUT2D eigenvalue weighted by molar-refractivity contribution is 9.10. The predicted molar refractivity (Wildman–Crippen MR) is 85.1 cm³/mol. The fourth-order valence-electron chi connectivity index (χ4n) is 3.18. The highest BCUT2D eigenvalue weighted by Crippen LogP contribution is 2.29. The van der Waals surface area contributed by atoms with E-state index in [4.69, 9.17) is 5.73 Å². The summed E-state index contributed by atoms with van der Waals surface area (Å²) in [6, 6.07) is 5.98. The Morgan fingerprint density at radius 3 is 2.50 bits per heavy atom. The molecule has 1 fully saturated rings. The molecular formula is C16H24BrFN2. The van der Waals surface area contributed by atoms with Crippen LogP contribution in [-0.4, -0.2) is 24.5 Å². The summed E-state index contributed by atoms with van der Waals surface area (Å²) in [7, 11) is 2.16. The number of nitrogens with two attached hydrogens (primary N) is 1. The van der Waals surface area contributed by atoms with Crippen molar-refractivity contribution in [2.75, 3.05) is 13.6 Å². The standard InChI is InChI=1S/C16H24BrFN2/c1-20(13-6-4-2-3-5-7-13)16(11-19)12-8-9-15(18)14(17)10-12/h8-10,13,16H,2-7,11,19H2,1H3. The molecule has 0 aromatic heterocycles. The second-order valence-corrected chi connectivity index (χ2v) is 6.59. The first-order valence-electron chi connectivity index (χ1n) is 7.50. The van der Waals surface area contributed by atoms with Crippen LogP contribution in [0.5, 0.6) is 0 Å². The zero-order valence-corrected chi connectivity index (χ0v) is 13.7. The van der Waals surface area contributed by atoms with E-state index in [-0.39, 0.29) is 11.9 Å². The number of halogens is 2. The molecule has 2 rings (SSSR count). The number of hydrogen-bond donors (Lipinski definition) is 1. The number of likely N-dealkylation sites (N-methyl/N-ethyl adjacent to an activating group) is 1. The Bertz CT molecular complexity index is 430. The molecule has 0 spiro atoms. The minimum atomic E-state index is -0.221. The molecule has 1 unspecified atom stereocenters. The van der Waals surface area contributed by atoms with Crippen molar-refractivity contribution in [3.05, 3.63) is 34.1 Å². The van der Waals surface area contributed by atoms with Crippen LogP contribution in [0.1, 0.15) is 50.1 Å². The van der Waals surface area contributed by atoms with Gasteiger partial charge in [-0.25, -0.2) is 4.39 Å². The molecule has 2 N–H and O–H groups in total. The van der Waals surface area contributed by atoms with E-state index in [2.05, 4.69) is 27.9 Å². The molecule has 0 amide bonds. The molecule has 1 saturated carbocycles. The van der Waals surface area contributed by atoms with Crippen molar-refractivity contribution in [1.82, 2.24) is 4.90 Å². The average molecular weight is 343 g/mol. The number of rotatable bonds is 4. The lowest BCUT2D eigenvalue weighted by Gasteiger charge is -2.34. The summed E-state index contributed by atoms with van der Waals surface area (Å²) >= 11 is 3.27. The minimum absolute atomic E-state index is 0.162. The van der Waals surface area contributed by atoms with Crippen LogP contribution in [0.25, 0.3) is 0 Å². The molecule has 1 aliphatic carbocycles. The number of nitrogens with zero attached hydrogens (tertiary/aromatic N) is 1. The van der Waals surface area contributed by atoms with E-state index in [9.17, 15) is 4.39 Å². The summed E-state index contributed by atoms with van der Waals surface area (Å²) in [6.45, 7) is 0.561. The first-order valence-corrected chi connectivity index (χ1v) is 8.29.